The minimum atomic E-state index is -1.04. The van der Waals surface area contributed by atoms with Gasteiger partial charge in [-0.15, -0.1) is 0 Å². The molecule has 0 heterocycles. The predicted octanol–water partition coefficient (Wildman–Crippen LogP) is 3.13. The maximum atomic E-state index is 10.4. The van der Waals surface area contributed by atoms with Crippen LogP contribution in [0.4, 0.5) is 0 Å². The first-order valence-corrected chi connectivity index (χ1v) is 9.97. The predicted molar refractivity (Wildman–Crippen MR) is 99.9 cm³/mol. The third-order valence-electron chi connectivity index (χ3n) is 5.60. The summed E-state index contributed by atoms with van der Waals surface area (Å²) in [4.78, 5) is 15.2. The van der Waals surface area contributed by atoms with Gasteiger partial charge in [-0.3, -0.25) is 0 Å². The van der Waals surface area contributed by atoms with E-state index < -0.39 is 24.8 Å². The molecule has 6 heteroatoms. The Bertz CT molecular complexity index is 504. The zero-order valence-corrected chi connectivity index (χ0v) is 15.7. The maximum absolute atomic E-state index is 10.4. The number of nitrogens with zero attached hydrogens (tertiary/aromatic N) is 1. The number of rotatable bonds is 12. The number of oxime groups is 1. The second-order valence-electron chi connectivity index (χ2n) is 7.61. The molecule has 0 aromatic carbocycles. The van der Waals surface area contributed by atoms with Gasteiger partial charge in [0.25, 0.3) is 0 Å². The van der Waals surface area contributed by atoms with E-state index in [1.165, 1.54) is 25.7 Å². The van der Waals surface area contributed by atoms with Gasteiger partial charge in [0, 0.05) is 11.8 Å². The van der Waals surface area contributed by atoms with Gasteiger partial charge in [-0.1, -0.05) is 62.8 Å². The van der Waals surface area contributed by atoms with Crippen LogP contribution in [0.15, 0.2) is 17.3 Å². The second-order valence-corrected chi connectivity index (χ2v) is 7.61. The lowest BCUT2D eigenvalue weighted by atomic mass is 9.71. The molecule has 0 bridgehead atoms. The van der Waals surface area contributed by atoms with Crippen LogP contribution >= 0.6 is 0 Å². The molecule has 0 spiro atoms. The average molecular weight is 367 g/mol. The molecule has 3 N–H and O–H groups in total. The summed E-state index contributed by atoms with van der Waals surface area (Å²) in [6, 6.07) is 0. The van der Waals surface area contributed by atoms with Gasteiger partial charge in [0.1, 0.15) is 0 Å². The van der Waals surface area contributed by atoms with Crippen molar-refractivity contribution < 1.29 is 25.0 Å². The van der Waals surface area contributed by atoms with Gasteiger partial charge in [0.05, 0.1) is 17.9 Å². The smallest absolute Gasteiger partial charge is 0.344 e. The molecule has 0 aliphatic heterocycles. The van der Waals surface area contributed by atoms with Crippen molar-refractivity contribution >= 4 is 11.7 Å². The topological polar surface area (TPSA) is 99.4 Å². The molecule has 2 rings (SSSR count). The third kappa shape index (κ3) is 6.09. The molecule has 0 aromatic heterocycles. The van der Waals surface area contributed by atoms with Gasteiger partial charge in [-0.2, -0.15) is 0 Å². The lowest BCUT2D eigenvalue weighted by Crippen LogP contribution is -2.36. The number of fused-ring (bicyclic) bond motifs is 1. The van der Waals surface area contributed by atoms with Crippen LogP contribution in [-0.4, -0.2) is 45.8 Å². The van der Waals surface area contributed by atoms with E-state index in [0.717, 1.165) is 31.4 Å². The molecule has 0 radical (unpaired) electrons. The van der Waals surface area contributed by atoms with E-state index in [9.17, 15) is 15.0 Å². The van der Waals surface area contributed by atoms with Crippen LogP contribution < -0.4 is 0 Å². The van der Waals surface area contributed by atoms with Gasteiger partial charge >= 0.3 is 5.97 Å². The van der Waals surface area contributed by atoms with Gasteiger partial charge < -0.3 is 20.2 Å². The van der Waals surface area contributed by atoms with Crippen molar-refractivity contribution in [1.82, 2.24) is 0 Å². The van der Waals surface area contributed by atoms with Gasteiger partial charge in [0.15, 0.2) is 0 Å². The van der Waals surface area contributed by atoms with Crippen molar-refractivity contribution in [3.8, 4) is 0 Å². The molecular weight excluding hydrogens is 334 g/mol. The number of unbranched alkanes of at least 4 members (excludes halogenated alkanes) is 5. The highest BCUT2D eigenvalue weighted by atomic mass is 16.6. The number of carbonyl (C=O) groups is 1. The first kappa shape index (κ1) is 20.9. The van der Waals surface area contributed by atoms with Gasteiger partial charge in [-0.05, 0) is 25.2 Å². The molecule has 0 amide bonds. The Morgan fingerprint density at radius 2 is 2.04 bits per heavy atom. The number of hydrogen-bond acceptors (Lipinski definition) is 5. The van der Waals surface area contributed by atoms with Crippen LogP contribution in [-0.2, 0) is 9.63 Å². The quantitative estimate of drug-likeness (QED) is 0.280. The Morgan fingerprint density at radius 1 is 1.31 bits per heavy atom. The minimum Gasteiger partial charge on any atom is -0.479 e. The van der Waals surface area contributed by atoms with Crippen LogP contribution in [0.25, 0.3) is 0 Å². The van der Waals surface area contributed by atoms with E-state index in [4.69, 9.17) is 9.94 Å². The van der Waals surface area contributed by atoms with E-state index >= 15 is 0 Å². The van der Waals surface area contributed by atoms with E-state index in [2.05, 4.69) is 12.1 Å². The maximum Gasteiger partial charge on any atom is 0.344 e. The molecule has 2 aliphatic carbocycles. The van der Waals surface area contributed by atoms with Crippen molar-refractivity contribution in [2.45, 2.75) is 76.9 Å². The monoisotopic (exact) mass is 367 g/mol. The zero-order chi connectivity index (χ0) is 18.9. The Balaban J connectivity index is 1.69. The molecule has 5 atom stereocenters. The van der Waals surface area contributed by atoms with Crippen LogP contribution in [0.2, 0.25) is 0 Å². The summed E-state index contributed by atoms with van der Waals surface area (Å²) < 4.78 is 0. The Labute approximate surface area is 155 Å². The minimum absolute atomic E-state index is 0.0395. The fourth-order valence-corrected chi connectivity index (χ4v) is 4.07. The molecule has 2 saturated carbocycles. The van der Waals surface area contributed by atoms with Crippen LogP contribution in [0, 0.1) is 17.8 Å². The Morgan fingerprint density at radius 3 is 2.77 bits per heavy atom. The van der Waals surface area contributed by atoms with Crippen molar-refractivity contribution in [3.63, 3.8) is 0 Å². The fourth-order valence-electron chi connectivity index (χ4n) is 4.07. The van der Waals surface area contributed by atoms with E-state index in [0.29, 0.717) is 12.3 Å². The number of aliphatic carboxylic acids is 1. The molecule has 26 heavy (non-hydrogen) atoms. The van der Waals surface area contributed by atoms with Gasteiger partial charge in [0.2, 0.25) is 6.61 Å². The van der Waals surface area contributed by atoms with Crippen LogP contribution in [0.3, 0.4) is 0 Å². The summed E-state index contributed by atoms with van der Waals surface area (Å²) in [7, 11) is 0. The number of carboxylic acids is 1. The summed E-state index contributed by atoms with van der Waals surface area (Å²) >= 11 is 0. The van der Waals surface area contributed by atoms with Crippen molar-refractivity contribution in [1.29, 1.82) is 0 Å². The number of hydrogen-bond donors (Lipinski definition) is 3. The summed E-state index contributed by atoms with van der Waals surface area (Å²) in [6.07, 6.45) is 12.3. The molecule has 2 fully saturated rings. The summed E-state index contributed by atoms with van der Waals surface area (Å²) in [5.74, 6) is -0.520. The molecule has 6 nitrogen and oxygen atoms in total. The number of aliphatic hydroxyl groups is 2. The van der Waals surface area contributed by atoms with E-state index in [1.807, 2.05) is 12.2 Å². The largest absolute Gasteiger partial charge is 0.479 e. The highest BCUT2D eigenvalue weighted by molar-refractivity contribution is 5.93. The lowest BCUT2D eigenvalue weighted by Gasteiger charge is -2.34. The zero-order valence-electron chi connectivity index (χ0n) is 15.7. The first-order chi connectivity index (χ1) is 12.5. The molecule has 3 unspecified atom stereocenters. The molecule has 148 valence electrons. The average Bonchev–Trinajstić information content (AvgIpc) is 2.83. The highest BCUT2D eigenvalue weighted by Crippen LogP contribution is 2.49. The highest BCUT2D eigenvalue weighted by Gasteiger charge is 2.51. The van der Waals surface area contributed by atoms with Gasteiger partial charge in [-0.25, -0.2) is 4.79 Å². The second kappa shape index (κ2) is 10.7. The Kier molecular flexibility index (Phi) is 8.59. The fraction of sp³-hybridized carbons (Fsp3) is 0.800. The normalized spacial score (nSPS) is 30.3. The molecule has 0 aromatic rings. The van der Waals surface area contributed by atoms with Crippen molar-refractivity contribution in [3.05, 3.63) is 12.2 Å². The number of aliphatic hydroxyl groups excluding tert-OH is 2. The summed E-state index contributed by atoms with van der Waals surface area (Å²) in [5, 5.41) is 32.9. The standard InChI is InChI=1S/C20H33NO5/c1-2-3-4-5-6-7-8-14(22)9-10-15-16-11-18(17(16)12-19(15)23)21-26-13-20(24)25/h9-10,14-17,19,22-23H,2-8,11-13H2,1H3,(H,24,25)/t14?,15?,16-,17-,19?/m0/s1. The van der Waals surface area contributed by atoms with Crippen molar-refractivity contribution in [2.75, 3.05) is 6.61 Å². The third-order valence-corrected chi connectivity index (χ3v) is 5.60. The molecule has 2 aliphatic rings. The Hall–Kier alpha value is -1.40. The van der Waals surface area contributed by atoms with Crippen LogP contribution in [0.5, 0.6) is 0 Å². The molecule has 0 saturated heterocycles. The summed E-state index contributed by atoms with van der Waals surface area (Å²) in [6.45, 7) is 1.77. The van der Waals surface area contributed by atoms with Crippen LogP contribution in [0.1, 0.15) is 64.7 Å². The number of carboxylic acid groups (broad SMARTS) is 1. The lowest BCUT2D eigenvalue weighted by molar-refractivity contribution is -0.142. The van der Waals surface area contributed by atoms with E-state index in [-0.39, 0.29) is 11.8 Å². The SMILES string of the molecule is CCCCCCCCC(O)C=CC1C(O)C[C@@H]2C(=NOCC(=O)O)C[C@@H]12. The summed E-state index contributed by atoms with van der Waals surface area (Å²) in [5.41, 5.74) is 0.846. The first-order valence-electron chi connectivity index (χ1n) is 9.97. The van der Waals surface area contributed by atoms with Crippen molar-refractivity contribution in [2.24, 2.45) is 22.9 Å². The van der Waals surface area contributed by atoms with E-state index in [1.54, 1.807) is 0 Å². The molecular formula is C20H33NO5.